The van der Waals surface area contributed by atoms with Gasteiger partial charge in [-0.15, -0.1) is 0 Å². The molecule has 0 atom stereocenters. The minimum atomic E-state index is -1.06. The first-order chi connectivity index (χ1) is 11.7. The van der Waals surface area contributed by atoms with Crippen LogP contribution in [0.4, 0.5) is 0 Å². The normalized spacial score (nSPS) is 10.8. The molecule has 124 valence electrons. The lowest BCUT2D eigenvalue weighted by Crippen LogP contribution is -2.23. The Morgan fingerprint density at radius 2 is 1.88 bits per heavy atom. The van der Waals surface area contributed by atoms with E-state index in [4.69, 9.17) is 4.74 Å². The van der Waals surface area contributed by atoms with Crippen LogP contribution in [0.3, 0.4) is 0 Å². The Morgan fingerprint density at radius 3 is 2.67 bits per heavy atom. The predicted octanol–water partition coefficient (Wildman–Crippen LogP) is 2.35. The van der Waals surface area contributed by atoms with Crippen molar-refractivity contribution in [3.63, 3.8) is 0 Å². The van der Waals surface area contributed by atoms with Gasteiger partial charge in [0.05, 0.1) is 17.6 Å². The molecule has 6 heteroatoms. The number of fused-ring (bicyclic) bond motifs is 1. The van der Waals surface area contributed by atoms with E-state index in [1.807, 2.05) is 59.2 Å². The summed E-state index contributed by atoms with van der Waals surface area (Å²) in [5.74, 6) is 0.503. The van der Waals surface area contributed by atoms with E-state index in [0.717, 1.165) is 27.7 Å². The molecular formula is C18H17N2O3S-. The molecule has 0 bridgehead atoms. The maximum Gasteiger partial charge on any atom is 0.169 e. The number of carbonyl (C=O) groups excluding carboxylic acids is 1. The number of benzene rings is 2. The van der Waals surface area contributed by atoms with E-state index < -0.39 is 5.97 Å². The van der Waals surface area contributed by atoms with Gasteiger partial charge < -0.3 is 19.2 Å². The summed E-state index contributed by atoms with van der Waals surface area (Å²) >= 11 is 1.56. The maximum absolute atomic E-state index is 10.8. The summed E-state index contributed by atoms with van der Waals surface area (Å²) in [4.78, 5) is 15.4. The number of aliphatic carboxylic acids is 1. The maximum atomic E-state index is 10.8. The summed E-state index contributed by atoms with van der Waals surface area (Å²) < 4.78 is 7.61. The lowest BCUT2D eigenvalue weighted by atomic mass is 10.3. The van der Waals surface area contributed by atoms with Gasteiger partial charge in [0, 0.05) is 24.7 Å². The zero-order valence-electron chi connectivity index (χ0n) is 13.1. The van der Waals surface area contributed by atoms with Crippen molar-refractivity contribution in [1.82, 2.24) is 9.55 Å². The van der Waals surface area contributed by atoms with Crippen molar-refractivity contribution in [2.45, 2.75) is 18.1 Å². The molecule has 3 rings (SSSR count). The fourth-order valence-corrected chi connectivity index (χ4v) is 3.25. The number of ether oxygens (including phenoxy) is 1. The lowest BCUT2D eigenvalue weighted by Gasteiger charge is -2.10. The fourth-order valence-electron chi connectivity index (χ4n) is 2.39. The van der Waals surface area contributed by atoms with Crippen molar-refractivity contribution in [3.8, 4) is 5.75 Å². The monoisotopic (exact) mass is 341 g/mol. The molecular weight excluding hydrogens is 324 g/mol. The Bertz CT molecular complexity index is 818. The van der Waals surface area contributed by atoms with Crippen molar-refractivity contribution in [3.05, 3.63) is 54.6 Å². The van der Waals surface area contributed by atoms with Gasteiger partial charge in [-0.3, -0.25) is 0 Å². The number of hydrogen-bond acceptors (Lipinski definition) is 5. The predicted molar refractivity (Wildman–Crippen MR) is 92.0 cm³/mol. The Balaban J connectivity index is 1.66. The highest BCUT2D eigenvalue weighted by Crippen LogP contribution is 2.24. The molecule has 0 aliphatic rings. The molecule has 0 amide bonds. The molecule has 2 aromatic carbocycles. The molecule has 0 radical (unpaired) electrons. The fraction of sp³-hybridized carbons (Fsp3) is 0.222. The lowest BCUT2D eigenvalue weighted by molar-refractivity contribution is -0.305. The number of carbonyl (C=O) groups is 1. The van der Waals surface area contributed by atoms with Crippen LogP contribution >= 0.6 is 11.8 Å². The summed E-state index contributed by atoms with van der Waals surface area (Å²) in [6, 6.07) is 17.4. The molecule has 0 fully saturated rings. The number of imidazole rings is 1. The van der Waals surface area contributed by atoms with E-state index in [1.165, 1.54) is 0 Å². The van der Waals surface area contributed by atoms with Gasteiger partial charge in [0.25, 0.3) is 0 Å². The summed E-state index contributed by atoms with van der Waals surface area (Å²) in [6.45, 7) is 0.906. The van der Waals surface area contributed by atoms with Crippen LogP contribution in [-0.4, -0.2) is 27.9 Å². The molecule has 1 aromatic heterocycles. The van der Waals surface area contributed by atoms with Crippen LogP contribution < -0.4 is 9.84 Å². The first-order valence-corrected chi connectivity index (χ1v) is 8.68. The summed E-state index contributed by atoms with van der Waals surface area (Å²) in [5, 5.41) is 11.6. The van der Waals surface area contributed by atoms with Gasteiger partial charge in [0.1, 0.15) is 5.75 Å². The van der Waals surface area contributed by atoms with Crippen LogP contribution in [0.25, 0.3) is 11.0 Å². The largest absolute Gasteiger partial charge is 0.550 e. The smallest absolute Gasteiger partial charge is 0.169 e. The molecule has 0 aliphatic heterocycles. The zero-order chi connectivity index (χ0) is 16.8. The minimum Gasteiger partial charge on any atom is -0.550 e. The molecule has 0 spiro atoms. The number of nitrogens with zero attached hydrogens (tertiary/aromatic N) is 2. The standard InChI is InChI=1S/C18H18N2O3S/c21-17(22)10-11-20-16-9-5-4-8-15(16)19-18(20)24-13-12-23-14-6-2-1-3-7-14/h1-9H,10-13H2,(H,21,22)/p-1. The minimum absolute atomic E-state index is 0.0333. The van der Waals surface area contributed by atoms with Crippen molar-refractivity contribution in [1.29, 1.82) is 0 Å². The molecule has 0 aliphatic carbocycles. The number of hydrogen-bond donors (Lipinski definition) is 0. The first-order valence-electron chi connectivity index (χ1n) is 7.70. The number of para-hydroxylation sites is 3. The van der Waals surface area contributed by atoms with Crippen molar-refractivity contribution < 1.29 is 14.6 Å². The quantitative estimate of drug-likeness (QED) is 0.465. The second-order valence-corrected chi connectivity index (χ2v) is 6.23. The van der Waals surface area contributed by atoms with Crippen LogP contribution in [0, 0.1) is 0 Å². The molecule has 0 unspecified atom stereocenters. The number of carboxylic acid groups (broad SMARTS) is 1. The molecule has 0 saturated heterocycles. The second-order valence-electron chi connectivity index (χ2n) is 5.17. The highest BCUT2D eigenvalue weighted by atomic mass is 32.2. The molecule has 5 nitrogen and oxygen atoms in total. The summed E-state index contributed by atoms with van der Waals surface area (Å²) in [7, 11) is 0. The zero-order valence-corrected chi connectivity index (χ0v) is 13.9. The van der Waals surface area contributed by atoms with E-state index in [-0.39, 0.29) is 6.42 Å². The summed E-state index contributed by atoms with van der Waals surface area (Å²) in [5.41, 5.74) is 1.80. The van der Waals surface area contributed by atoms with E-state index >= 15 is 0 Å². The molecule has 1 heterocycles. The Hall–Kier alpha value is -2.47. The SMILES string of the molecule is O=C([O-])CCn1c(SCCOc2ccccc2)nc2ccccc21. The first kappa shape index (κ1) is 16.4. The number of aryl methyl sites for hydroxylation is 1. The van der Waals surface area contributed by atoms with Crippen LogP contribution in [-0.2, 0) is 11.3 Å². The molecule has 0 saturated carbocycles. The van der Waals surface area contributed by atoms with Crippen molar-refractivity contribution in [2.75, 3.05) is 12.4 Å². The average Bonchev–Trinajstić information content (AvgIpc) is 2.95. The van der Waals surface area contributed by atoms with Gasteiger partial charge in [-0.2, -0.15) is 0 Å². The third kappa shape index (κ3) is 4.08. The van der Waals surface area contributed by atoms with Gasteiger partial charge in [0.15, 0.2) is 5.16 Å². The Labute approximate surface area is 144 Å². The number of thioether (sulfide) groups is 1. The van der Waals surface area contributed by atoms with E-state index in [1.54, 1.807) is 11.8 Å². The number of aromatic nitrogens is 2. The number of carboxylic acids is 1. The van der Waals surface area contributed by atoms with E-state index in [9.17, 15) is 9.90 Å². The number of rotatable bonds is 8. The average molecular weight is 341 g/mol. The van der Waals surface area contributed by atoms with Crippen molar-refractivity contribution >= 4 is 28.8 Å². The second kappa shape index (κ2) is 7.88. The molecule has 0 N–H and O–H groups in total. The highest BCUT2D eigenvalue weighted by molar-refractivity contribution is 7.99. The van der Waals surface area contributed by atoms with Gasteiger partial charge in [-0.1, -0.05) is 42.1 Å². The van der Waals surface area contributed by atoms with Crippen LogP contribution in [0.5, 0.6) is 5.75 Å². The third-order valence-corrected chi connectivity index (χ3v) is 4.43. The Kier molecular flexibility index (Phi) is 5.38. The van der Waals surface area contributed by atoms with E-state index in [0.29, 0.717) is 13.2 Å². The van der Waals surface area contributed by atoms with Gasteiger partial charge >= 0.3 is 0 Å². The third-order valence-electron chi connectivity index (χ3n) is 3.49. The molecule has 3 aromatic rings. The molecule has 24 heavy (non-hydrogen) atoms. The van der Waals surface area contributed by atoms with Gasteiger partial charge in [-0.05, 0) is 24.3 Å². The van der Waals surface area contributed by atoms with Gasteiger partial charge in [-0.25, -0.2) is 4.98 Å². The van der Waals surface area contributed by atoms with Gasteiger partial charge in [0.2, 0.25) is 0 Å². The highest BCUT2D eigenvalue weighted by Gasteiger charge is 2.10. The summed E-state index contributed by atoms with van der Waals surface area (Å²) in [6.07, 6.45) is -0.0333. The van der Waals surface area contributed by atoms with E-state index in [2.05, 4.69) is 4.98 Å². The Morgan fingerprint density at radius 1 is 1.12 bits per heavy atom. The van der Waals surface area contributed by atoms with Crippen LogP contribution in [0.15, 0.2) is 59.8 Å². The van der Waals surface area contributed by atoms with Crippen molar-refractivity contribution in [2.24, 2.45) is 0 Å². The van der Waals surface area contributed by atoms with Crippen LogP contribution in [0.1, 0.15) is 6.42 Å². The topological polar surface area (TPSA) is 67.2 Å². The van der Waals surface area contributed by atoms with Crippen LogP contribution in [0.2, 0.25) is 0 Å².